The molecule has 0 aromatic carbocycles. The normalized spacial score (nSPS) is 16.6. The third kappa shape index (κ3) is 3.00. The lowest BCUT2D eigenvalue weighted by Gasteiger charge is -2.35. The number of nitriles is 1. The molecule has 0 spiro atoms. The average Bonchev–Trinajstić information content (AvgIpc) is 2.40. The maximum absolute atomic E-state index is 8.57. The highest BCUT2D eigenvalue weighted by atomic mass is 127. The number of piperazine rings is 1. The smallest absolute Gasteiger partial charge is 0.156 e. The van der Waals surface area contributed by atoms with E-state index in [-0.39, 0.29) is 0 Å². The first-order valence-electron chi connectivity index (χ1n) is 5.82. The molecule has 0 saturated carbocycles. The fourth-order valence-corrected chi connectivity index (χ4v) is 2.37. The van der Waals surface area contributed by atoms with E-state index in [0.717, 1.165) is 42.2 Å². The Morgan fingerprint density at radius 2 is 2.06 bits per heavy atom. The van der Waals surface area contributed by atoms with Crippen LogP contribution in [0.5, 0.6) is 0 Å². The lowest BCUT2D eigenvalue weighted by molar-refractivity contribution is 0.263. The fourth-order valence-electron chi connectivity index (χ4n) is 2.01. The van der Waals surface area contributed by atoms with E-state index in [1.807, 2.05) is 0 Å². The van der Waals surface area contributed by atoms with Gasteiger partial charge in [0.25, 0.3) is 0 Å². The molecule has 1 aromatic rings. The van der Waals surface area contributed by atoms with Crippen LogP contribution in [0, 0.1) is 15.0 Å². The zero-order valence-corrected chi connectivity index (χ0v) is 12.2. The standard InChI is InChI=1S/C11H15IN6/c12-10-9(14)11(16-8-15-10)18-6-4-17(5-7-18)3-1-2-13/h8H,1,3-7,14H2. The number of nitrogens with zero attached hydrogens (tertiary/aromatic N) is 5. The van der Waals surface area contributed by atoms with Crippen LogP contribution in [-0.2, 0) is 0 Å². The SMILES string of the molecule is N#CCCN1CCN(c2ncnc(I)c2N)CC1. The van der Waals surface area contributed by atoms with Crippen LogP contribution in [0.15, 0.2) is 6.33 Å². The Labute approximate surface area is 120 Å². The van der Waals surface area contributed by atoms with Gasteiger partial charge in [-0.25, -0.2) is 9.97 Å². The van der Waals surface area contributed by atoms with Gasteiger partial charge in [-0.05, 0) is 22.6 Å². The van der Waals surface area contributed by atoms with Crippen molar-refractivity contribution in [2.75, 3.05) is 43.4 Å². The first kappa shape index (κ1) is 13.3. The Balaban J connectivity index is 1.97. The molecule has 2 N–H and O–H groups in total. The van der Waals surface area contributed by atoms with Crippen molar-refractivity contribution < 1.29 is 0 Å². The molecule has 2 heterocycles. The minimum atomic E-state index is 0.591. The molecule has 18 heavy (non-hydrogen) atoms. The number of aromatic nitrogens is 2. The van der Waals surface area contributed by atoms with Crippen molar-refractivity contribution in [3.8, 4) is 6.07 Å². The van der Waals surface area contributed by atoms with E-state index in [1.165, 1.54) is 0 Å². The molecule has 0 atom stereocenters. The van der Waals surface area contributed by atoms with E-state index in [9.17, 15) is 0 Å². The van der Waals surface area contributed by atoms with Gasteiger partial charge in [0, 0.05) is 39.1 Å². The van der Waals surface area contributed by atoms with Gasteiger partial charge >= 0.3 is 0 Å². The highest BCUT2D eigenvalue weighted by Gasteiger charge is 2.20. The zero-order valence-electron chi connectivity index (χ0n) is 10.0. The molecule has 6 nitrogen and oxygen atoms in total. The molecule has 96 valence electrons. The van der Waals surface area contributed by atoms with E-state index in [1.54, 1.807) is 6.33 Å². The number of hydrogen-bond donors (Lipinski definition) is 1. The number of halogens is 1. The molecule has 1 aliphatic rings. The van der Waals surface area contributed by atoms with Crippen molar-refractivity contribution in [3.63, 3.8) is 0 Å². The molecule has 1 aromatic heterocycles. The van der Waals surface area contributed by atoms with Crippen LogP contribution in [0.1, 0.15) is 6.42 Å². The minimum absolute atomic E-state index is 0.591. The monoisotopic (exact) mass is 358 g/mol. The summed E-state index contributed by atoms with van der Waals surface area (Å²) >= 11 is 2.12. The van der Waals surface area contributed by atoms with Crippen LogP contribution >= 0.6 is 22.6 Å². The third-order valence-electron chi connectivity index (χ3n) is 3.03. The van der Waals surface area contributed by atoms with Gasteiger partial charge in [0.05, 0.1) is 6.07 Å². The second-order valence-corrected chi connectivity index (χ2v) is 5.16. The Bertz CT molecular complexity index is 449. The summed E-state index contributed by atoms with van der Waals surface area (Å²) in [7, 11) is 0. The van der Waals surface area contributed by atoms with Crippen LogP contribution < -0.4 is 10.6 Å². The number of rotatable bonds is 3. The Morgan fingerprint density at radius 3 is 2.72 bits per heavy atom. The minimum Gasteiger partial charge on any atom is -0.394 e. The van der Waals surface area contributed by atoms with E-state index in [0.29, 0.717) is 12.1 Å². The summed E-state index contributed by atoms with van der Waals surface area (Å²) in [4.78, 5) is 12.8. The van der Waals surface area contributed by atoms with E-state index < -0.39 is 0 Å². The Morgan fingerprint density at radius 1 is 1.33 bits per heavy atom. The van der Waals surface area contributed by atoms with Gasteiger partial charge < -0.3 is 10.6 Å². The molecule has 1 saturated heterocycles. The van der Waals surface area contributed by atoms with Crippen LogP contribution in [0.25, 0.3) is 0 Å². The maximum atomic E-state index is 8.57. The molecule has 1 fully saturated rings. The van der Waals surface area contributed by atoms with Gasteiger partial charge in [0.15, 0.2) is 5.82 Å². The highest BCUT2D eigenvalue weighted by molar-refractivity contribution is 14.1. The molecule has 0 amide bonds. The summed E-state index contributed by atoms with van der Waals surface area (Å²) in [6.45, 7) is 4.52. The zero-order chi connectivity index (χ0) is 13.0. The third-order valence-corrected chi connectivity index (χ3v) is 3.89. The van der Waals surface area contributed by atoms with Crippen molar-refractivity contribution in [2.24, 2.45) is 0 Å². The topological polar surface area (TPSA) is 82.1 Å². The first-order chi connectivity index (χ1) is 8.72. The van der Waals surface area contributed by atoms with Crippen LogP contribution in [-0.4, -0.2) is 47.6 Å². The number of nitrogens with two attached hydrogens (primary N) is 1. The molecule has 0 aliphatic carbocycles. The van der Waals surface area contributed by atoms with Crippen LogP contribution in [0.3, 0.4) is 0 Å². The van der Waals surface area contributed by atoms with Gasteiger partial charge in [-0.3, -0.25) is 4.90 Å². The fraction of sp³-hybridized carbons (Fsp3) is 0.545. The van der Waals surface area contributed by atoms with Gasteiger partial charge in [0.2, 0.25) is 0 Å². The van der Waals surface area contributed by atoms with E-state index in [2.05, 4.69) is 48.4 Å². The summed E-state index contributed by atoms with van der Waals surface area (Å²) < 4.78 is 0.796. The van der Waals surface area contributed by atoms with Crippen molar-refractivity contribution in [1.82, 2.24) is 14.9 Å². The lowest BCUT2D eigenvalue weighted by Crippen LogP contribution is -2.47. The summed E-state index contributed by atoms with van der Waals surface area (Å²) in [5.74, 6) is 0.828. The Kier molecular flexibility index (Phi) is 4.54. The highest BCUT2D eigenvalue weighted by Crippen LogP contribution is 2.24. The Hall–Kier alpha value is -1.14. The second kappa shape index (κ2) is 6.15. The van der Waals surface area contributed by atoms with Crippen LogP contribution in [0.4, 0.5) is 11.5 Å². The molecule has 2 rings (SSSR count). The van der Waals surface area contributed by atoms with E-state index in [4.69, 9.17) is 11.0 Å². The molecular weight excluding hydrogens is 343 g/mol. The summed E-state index contributed by atoms with van der Waals surface area (Å²) in [6, 6.07) is 2.18. The maximum Gasteiger partial charge on any atom is 0.156 e. The molecular formula is C11H15IN6. The average molecular weight is 358 g/mol. The van der Waals surface area contributed by atoms with Gasteiger partial charge in [-0.1, -0.05) is 0 Å². The number of anilines is 2. The van der Waals surface area contributed by atoms with Gasteiger partial charge in [-0.15, -0.1) is 0 Å². The largest absolute Gasteiger partial charge is 0.394 e. The molecule has 0 radical (unpaired) electrons. The molecule has 0 unspecified atom stereocenters. The first-order valence-corrected chi connectivity index (χ1v) is 6.90. The number of nitrogen functional groups attached to an aromatic ring is 1. The molecule has 7 heteroatoms. The number of hydrogen-bond acceptors (Lipinski definition) is 6. The molecule has 1 aliphatic heterocycles. The summed E-state index contributed by atoms with van der Waals surface area (Å²) in [5.41, 5.74) is 6.65. The van der Waals surface area contributed by atoms with E-state index >= 15 is 0 Å². The van der Waals surface area contributed by atoms with Crippen molar-refractivity contribution in [1.29, 1.82) is 5.26 Å². The molecule has 0 bridgehead atoms. The summed E-state index contributed by atoms with van der Waals surface area (Å²) in [5, 5.41) is 8.57. The van der Waals surface area contributed by atoms with Gasteiger partial charge in [-0.2, -0.15) is 5.26 Å². The lowest BCUT2D eigenvalue weighted by atomic mass is 10.3. The van der Waals surface area contributed by atoms with Crippen LogP contribution in [0.2, 0.25) is 0 Å². The van der Waals surface area contributed by atoms with Crippen molar-refractivity contribution in [2.45, 2.75) is 6.42 Å². The predicted octanol–water partition coefficient (Wildman–Crippen LogP) is 0.699. The second-order valence-electron chi connectivity index (χ2n) is 4.14. The van der Waals surface area contributed by atoms with Gasteiger partial charge in [0.1, 0.15) is 15.7 Å². The summed E-state index contributed by atoms with van der Waals surface area (Å²) in [6.07, 6.45) is 2.14. The predicted molar refractivity (Wildman–Crippen MR) is 78.0 cm³/mol. The van der Waals surface area contributed by atoms with Crippen molar-refractivity contribution in [3.05, 3.63) is 10.0 Å². The quantitative estimate of drug-likeness (QED) is 0.633. The van der Waals surface area contributed by atoms with Crippen molar-refractivity contribution >= 4 is 34.1 Å².